The minimum Gasteiger partial charge on any atom is -0.352 e. The number of nitrogens with one attached hydrogen (secondary N) is 1. The van der Waals surface area contributed by atoms with Crippen LogP contribution in [-0.4, -0.2) is 33.2 Å². The van der Waals surface area contributed by atoms with Gasteiger partial charge in [0, 0.05) is 6.04 Å². The van der Waals surface area contributed by atoms with Crippen LogP contribution in [0.15, 0.2) is 18.2 Å². The van der Waals surface area contributed by atoms with E-state index in [1.165, 1.54) is 0 Å². The van der Waals surface area contributed by atoms with E-state index in [1.807, 2.05) is 0 Å². The molecule has 0 saturated heterocycles. The highest BCUT2D eigenvalue weighted by atomic mass is 35.5. The molecule has 0 spiro atoms. The molecule has 10 heteroatoms. The number of amides is 1. The van der Waals surface area contributed by atoms with Gasteiger partial charge in [-0.05, 0) is 31.0 Å². The molecule has 1 N–H and O–H groups in total. The van der Waals surface area contributed by atoms with Gasteiger partial charge in [-0.15, -0.1) is 0 Å². The third kappa shape index (κ3) is 4.74. The zero-order chi connectivity index (χ0) is 17.4. The molecule has 1 saturated carbocycles. The van der Waals surface area contributed by atoms with Crippen molar-refractivity contribution in [2.24, 2.45) is 0 Å². The normalized spacial score (nSPS) is 15.3. The summed E-state index contributed by atoms with van der Waals surface area (Å²) in [5, 5.41) is 2.04. The fourth-order valence-electron chi connectivity index (χ4n) is 1.92. The SMILES string of the molecule is CS(=O)(=O)N(CC(=O)NC1CC1)c1ccc(Cl)c(C(F)(F)F)c1. The Hall–Kier alpha value is -1.48. The number of rotatable bonds is 5. The molecule has 1 aromatic carbocycles. The maximum Gasteiger partial charge on any atom is 0.417 e. The lowest BCUT2D eigenvalue weighted by Gasteiger charge is -2.23. The van der Waals surface area contributed by atoms with Crippen LogP contribution in [0.4, 0.5) is 18.9 Å². The fraction of sp³-hybridized carbons (Fsp3) is 0.462. The summed E-state index contributed by atoms with van der Waals surface area (Å²) in [7, 11) is -3.94. The predicted octanol–water partition coefficient (Wildman–Crippen LogP) is 2.40. The van der Waals surface area contributed by atoms with E-state index in [0.717, 1.165) is 31.2 Å². The molecule has 0 unspecified atom stereocenters. The molecular weight excluding hydrogens is 357 g/mol. The largest absolute Gasteiger partial charge is 0.417 e. The van der Waals surface area contributed by atoms with E-state index in [2.05, 4.69) is 5.32 Å². The molecule has 1 amide bonds. The smallest absolute Gasteiger partial charge is 0.352 e. The van der Waals surface area contributed by atoms with E-state index in [9.17, 15) is 26.4 Å². The van der Waals surface area contributed by atoms with Crippen LogP contribution in [0, 0.1) is 0 Å². The number of hydrogen-bond donors (Lipinski definition) is 1. The Labute approximate surface area is 136 Å². The maximum absolute atomic E-state index is 12.9. The first-order chi connectivity index (χ1) is 10.5. The number of hydrogen-bond acceptors (Lipinski definition) is 3. The Morgan fingerprint density at radius 1 is 1.39 bits per heavy atom. The topological polar surface area (TPSA) is 66.5 Å². The van der Waals surface area contributed by atoms with Gasteiger partial charge >= 0.3 is 6.18 Å². The Kier molecular flexibility index (Phi) is 4.81. The third-order valence-corrected chi connectivity index (χ3v) is 4.64. The van der Waals surface area contributed by atoms with Crippen molar-refractivity contribution in [2.45, 2.75) is 25.1 Å². The molecule has 2 rings (SSSR count). The van der Waals surface area contributed by atoms with Crippen molar-refractivity contribution < 1.29 is 26.4 Å². The minimum absolute atomic E-state index is 0.0138. The lowest BCUT2D eigenvalue weighted by atomic mass is 10.2. The van der Waals surface area contributed by atoms with Crippen LogP contribution in [0.5, 0.6) is 0 Å². The molecule has 0 aromatic heterocycles. The third-order valence-electron chi connectivity index (χ3n) is 3.17. The molecule has 1 aliphatic carbocycles. The standard InChI is InChI=1S/C13H14ClF3N2O3S/c1-23(21,22)19(7-12(20)18-8-2-3-8)9-4-5-11(14)10(6-9)13(15,16)17/h4-6,8H,2-3,7H2,1H3,(H,18,20). The number of alkyl halides is 3. The number of halogens is 4. The maximum atomic E-state index is 12.9. The van der Waals surface area contributed by atoms with Gasteiger partial charge in [0.2, 0.25) is 15.9 Å². The van der Waals surface area contributed by atoms with Crippen LogP contribution in [0.2, 0.25) is 5.02 Å². The Morgan fingerprint density at radius 3 is 2.48 bits per heavy atom. The Morgan fingerprint density at radius 2 is 2.00 bits per heavy atom. The summed E-state index contributed by atoms with van der Waals surface area (Å²) in [4.78, 5) is 11.8. The van der Waals surface area contributed by atoms with Crippen molar-refractivity contribution in [3.05, 3.63) is 28.8 Å². The zero-order valence-corrected chi connectivity index (χ0v) is 13.6. The van der Waals surface area contributed by atoms with Gasteiger partial charge in [-0.1, -0.05) is 11.6 Å². The fourth-order valence-corrected chi connectivity index (χ4v) is 2.99. The molecule has 0 bridgehead atoms. The molecule has 0 atom stereocenters. The number of benzene rings is 1. The molecule has 23 heavy (non-hydrogen) atoms. The average molecular weight is 371 g/mol. The number of nitrogens with zero attached hydrogens (tertiary/aromatic N) is 1. The number of carbonyl (C=O) groups is 1. The van der Waals surface area contributed by atoms with Crippen LogP contribution >= 0.6 is 11.6 Å². The first-order valence-corrected chi connectivity index (χ1v) is 8.85. The van der Waals surface area contributed by atoms with Crippen LogP contribution < -0.4 is 9.62 Å². The van der Waals surface area contributed by atoms with Crippen molar-refractivity contribution >= 4 is 33.2 Å². The summed E-state index contributed by atoms with van der Waals surface area (Å²) in [6.07, 6.45) is -2.29. The molecule has 1 aromatic rings. The molecule has 0 heterocycles. The predicted molar refractivity (Wildman–Crippen MR) is 79.8 cm³/mol. The zero-order valence-electron chi connectivity index (χ0n) is 12.0. The second-order valence-corrected chi connectivity index (χ2v) is 7.59. The van der Waals surface area contributed by atoms with Crippen molar-refractivity contribution in [1.29, 1.82) is 0 Å². The molecule has 1 fully saturated rings. The van der Waals surface area contributed by atoms with Gasteiger partial charge in [-0.3, -0.25) is 9.10 Å². The van der Waals surface area contributed by atoms with Gasteiger partial charge in [0.1, 0.15) is 6.54 Å². The summed E-state index contributed by atoms with van der Waals surface area (Å²) in [6.45, 7) is -0.589. The van der Waals surface area contributed by atoms with Crippen molar-refractivity contribution in [3.63, 3.8) is 0 Å². The van der Waals surface area contributed by atoms with Gasteiger partial charge in [-0.2, -0.15) is 13.2 Å². The van der Waals surface area contributed by atoms with E-state index in [-0.39, 0.29) is 11.7 Å². The van der Waals surface area contributed by atoms with Crippen molar-refractivity contribution in [3.8, 4) is 0 Å². The summed E-state index contributed by atoms with van der Waals surface area (Å²) >= 11 is 5.52. The van der Waals surface area contributed by atoms with Crippen LogP contribution in [-0.2, 0) is 21.0 Å². The summed E-state index contributed by atoms with van der Waals surface area (Å²) in [6, 6.07) is 2.72. The van der Waals surface area contributed by atoms with Crippen LogP contribution in [0.3, 0.4) is 0 Å². The van der Waals surface area contributed by atoms with Crippen LogP contribution in [0.1, 0.15) is 18.4 Å². The molecule has 128 valence electrons. The lowest BCUT2D eigenvalue weighted by Crippen LogP contribution is -2.41. The molecular formula is C13H14ClF3N2O3S. The highest BCUT2D eigenvalue weighted by Gasteiger charge is 2.35. The highest BCUT2D eigenvalue weighted by molar-refractivity contribution is 7.92. The number of anilines is 1. The summed E-state index contributed by atoms with van der Waals surface area (Å²) in [5.74, 6) is -0.568. The average Bonchev–Trinajstić information content (AvgIpc) is 3.18. The van der Waals surface area contributed by atoms with E-state index >= 15 is 0 Å². The first-order valence-electron chi connectivity index (χ1n) is 6.62. The quantitative estimate of drug-likeness (QED) is 0.865. The first kappa shape index (κ1) is 17.9. The molecule has 0 aliphatic heterocycles. The Bertz CT molecular complexity index is 718. The molecule has 1 aliphatic rings. The van der Waals surface area contributed by atoms with Gasteiger partial charge in [0.25, 0.3) is 0 Å². The van der Waals surface area contributed by atoms with E-state index in [4.69, 9.17) is 11.6 Å². The molecule has 0 radical (unpaired) electrons. The van der Waals surface area contributed by atoms with Gasteiger partial charge in [0.15, 0.2) is 0 Å². The number of sulfonamides is 1. The second kappa shape index (κ2) is 6.20. The minimum atomic E-state index is -4.73. The Balaban J connectivity index is 2.34. The monoisotopic (exact) mass is 370 g/mol. The second-order valence-electron chi connectivity index (χ2n) is 5.27. The summed E-state index contributed by atoms with van der Waals surface area (Å²) < 4.78 is 63.0. The molecule has 5 nitrogen and oxygen atoms in total. The number of carbonyl (C=O) groups excluding carboxylic acids is 1. The van der Waals surface area contributed by atoms with E-state index < -0.39 is 39.2 Å². The van der Waals surface area contributed by atoms with E-state index in [1.54, 1.807) is 0 Å². The highest BCUT2D eigenvalue weighted by Crippen LogP contribution is 2.37. The van der Waals surface area contributed by atoms with Gasteiger partial charge in [-0.25, -0.2) is 8.42 Å². The lowest BCUT2D eigenvalue weighted by molar-refractivity contribution is -0.137. The summed E-state index contributed by atoms with van der Waals surface area (Å²) in [5.41, 5.74) is -1.43. The van der Waals surface area contributed by atoms with Crippen LogP contribution in [0.25, 0.3) is 0 Å². The van der Waals surface area contributed by atoms with Crippen molar-refractivity contribution in [2.75, 3.05) is 17.1 Å². The van der Waals surface area contributed by atoms with Crippen molar-refractivity contribution in [1.82, 2.24) is 5.32 Å². The van der Waals surface area contributed by atoms with Gasteiger partial charge < -0.3 is 5.32 Å². The van der Waals surface area contributed by atoms with E-state index in [0.29, 0.717) is 10.4 Å². The van der Waals surface area contributed by atoms with Gasteiger partial charge in [0.05, 0.1) is 22.5 Å².